The van der Waals surface area contributed by atoms with Crippen molar-refractivity contribution in [1.82, 2.24) is 0 Å². The maximum absolute atomic E-state index is 8.88. The lowest BCUT2D eigenvalue weighted by Crippen LogP contribution is -1.95. The minimum Gasteiger partial charge on any atom is -0.198 e. The number of rotatable bonds is 2. The summed E-state index contributed by atoms with van der Waals surface area (Å²) in [7, 11) is 0. The SMILES string of the molecule is CC[C@@H]1Cc2ccc([C@@H](C)C#N)cc2C1. The summed E-state index contributed by atoms with van der Waals surface area (Å²) in [4.78, 5) is 0. The van der Waals surface area contributed by atoms with Gasteiger partial charge in [-0.1, -0.05) is 31.5 Å². The molecule has 78 valence electrons. The Morgan fingerprint density at radius 1 is 1.40 bits per heavy atom. The molecule has 0 saturated heterocycles. The van der Waals surface area contributed by atoms with Gasteiger partial charge in [-0.2, -0.15) is 5.26 Å². The lowest BCUT2D eigenvalue weighted by molar-refractivity contribution is 0.542. The van der Waals surface area contributed by atoms with Gasteiger partial charge in [0.05, 0.1) is 12.0 Å². The van der Waals surface area contributed by atoms with E-state index in [-0.39, 0.29) is 5.92 Å². The van der Waals surface area contributed by atoms with Crippen LogP contribution in [0.2, 0.25) is 0 Å². The highest BCUT2D eigenvalue weighted by atomic mass is 14.3. The van der Waals surface area contributed by atoms with Crippen LogP contribution >= 0.6 is 0 Å². The molecule has 0 saturated carbocycles. The van der Waals surface area contributed by atoms with Crippen LogP contribution in [0.3, 0.4) is 0 Å². The molecule has 0 heterocycles. The van der Waals surface area contributed by atoms with Crippen molar-refractivity contribution in [2.24, 2.45) is 5.92 Å². The molecule has 0 radical (unpaired) electrons. The maximum Gasteiger partial charge on any atom is 0.0700 e. The summed E-state index contributed by atoms with van der Waals surface area (Å²) in [6.45, 7) is 4.23. The molecule has 1 heteroatoms. The van der Waals surface area contributed by atoms with Crippen LogP contribution in [-0.4, -0.2) is 0 Å². The van der Waals surface area contributed by atoms with Crippen LogP contribution in [0.1, 0.15) is 42.9 Å². The first-order chi connectivity index (χ1) is 7.24. The van der Waals surface area contributed by atoms with Crippen LogP contribution in [0.5, 0.6) is 0 Å². The van der Waals surface area contributed by atoms with E-state index in [4.69, 9.17) is 5.26 Å². The van der Waals surface area contributed by atoms with Gasteiger partial charge in [0.15, 0.2) is 0 Å². The molecule has 1 aliphatic rings. The lowest BCUT2D eigenvalue weighted by Gasteiger charge is -2.05. The molecule has 0 N–H and O–H groups in total. The second kappa shape index (κ2) is 4.06. The van der Waals surface area contributed by atoms with Crippen molar-refractivity contribution in [3.8, 4) is 6.07 Å². The molecule has 1 aromatic rings. The van der Waals surface area contributed by atoms with Crippen molar-refractivity contribution in [2.75, 3.05) is 0 Å². The highest BCUT2D eigenvalue weighted by molar-refractivity contribution is 5.38. The van der Waals surface area contributed by atoms with E-state index in [1.165, 1.54) is 36.0 Å². The van der Waals surface area contributed by atoms with Gasteiger partial charge in [0.2, 0.25) is 0 Å². The first-order valence-corrected chi connectivity index (χ1v) is 5.76. The highest BCUT2D eigenvalue weighted by Gasteiger charge is 2.20. The van der Waals surface area contributed by atoms with Gasteiger partial charge in [0.25, 0.3) is 0 Å². The third-order valence-electron chi connectivity index (χ3n) is 3.52. The summed E-state index contributed by atoms with van der Waals surface area (Å²) in [6.07, 6.45) is 3.70. The minimum absolute atomic E-state index is 0.0241. The smallest absolute Gasteiger partial charge is 0.0700 e. The zero-order valence-corrected chi connectivity index (χ0v) is 9.46. The van der Waals surface area contributed by atoms with E-state index in [0.29, 0.717) is 0 Å². The Kier molecular flexibility index (Phi) is 2.77. The number of hydrogen-bond donors (Lipinski definition) is 0. The molecule has 1 aromatic carbocycles. The van der Waals surface area contributed by atoms with Crippen LogP contribution in [0, 0.1) is 17.2 Å². The van der Waals surface area contributed by atoms with E-state index in [0.717, 1.165) is 5.92 Å². The van der Waals surface area contributed by atoms with Crippen LogP contribution in [0.15, 0.2) is 18.2 Å². The third-order valence-corrected chi connectivity index (χ3v) is 3.52. The lowest BCUT2D eigenvalue weighted by atomic mass is 9.98. The summed E-state index contributed by atoms with van der Waals surface area (Å²) in [6, 6.07) is 8.86. The molecule has 0 fully saturated rings. The molecule has 0 amide bonds. The number of benzene rings is 1. The predicted molar refractivity (Wildman–Crippen MR) is 61.7 cm³/mol. The van der Waals surface area contributed by atoms with Crippen LogP contribution in [0.25, 0.3) is 0 Å². The van der Waals surface area contributed by atoms with Crippen LogP contribution in [0.4, 0.5) is 0 Å². The van der Waals surface area contributed by atoms with Crippen molar-refractivity contribution >= 4 is 0 Å². The van der Waals surface area contributed by atoms with E-state index in [2.05, 4.69) is 31.2 Å². The Bertz CT molecular complexity index is 400. The van der Waals surface area contributed by atoms with E-state index in [9.17, 15) is 0 Å². The van der Waals surface area contributed by atoms with Gasteiger partial charge < -0.3 is 0 Å². The van der Waals surface area contributed by atoms with Gasteiger partial charge >= 0.3 is 0 Å². The average Bonchev–Trinajstić information content (AvgIpc) is 2.69. The Labute approximate surface area is 91.7 Å². The standard InChI is InChI=1S/C14H17N/c1-3-11-6-13-5-4-12(10(2)9-15)8-14(13)7-11/h4-5,8,10-11H,3,6-7H2,1-2H3/t10-,11+/m0/s1. The first kappa shape index (κ1) is 10.2. The zero-order chi connectivity index (χ0) is 10.8. The highest BCUT2D eigenvalue weighted by Crippen LogP contribution is 2.30. The monoisotopic (exact) mass is 199 g/mol. The number of fused-ring (bicyclic) bond motifs is 1. The first-order valence-electron chi connectivity index (χ1n) is 5.76. The van der Waals surface area contributed by atoms with Gasteiger partial charge in [-0.05, 0) is 42.4 Å². The average molecular weight is 199 g/mol. The van der Waals surface area contributed by atoms with Crippen molar-refractivity contribution in [2.45, 2.75) is 39.0 Å². The number of nitriles is 1. The van der Waals surface area contributed by atoms with E-state index < -0.39 is 0 Å². The Balaban J connectivity index is 2.27. The maximum atomic E-state index is 8.88. The molecule has 0 unspecified atom stereocenters. The molecule has 0 aromatic heterocycles. The Hall–Kier alpha value is -1.29. The molecule has 2 atom stereocenters. The fraction of sp³-hybridized carbons (Fsp3) is 0.500. The normalized spacial score (nSPS) is 20.7. The molecular formula is C14H17N. The molecule has 2 rings (SSSR count). The minimum atomic E-state index is 0.0241. The van der Waals surface area contributed by atoms with E-state index in [1.807, 2.05) is 6.92 Å². The van der Waals surface area contributed by atoms with Crippen molar-refractivity contribution < 1.29 is 0 Å². The molecule has 0 spiro atoms. The topological polar surface area (TPSA) is 23.8 Å². The van der Waals surface area contributed by atoms with Crippen LogP contribution < -0.4 is 0 Å². The molecule has 15 heavy (non-hydrogen) atoms. The van der Waals surface area contributed by atoms with Gasteiger partial charge in [-0.25, -0.2) is 0 Å². The predicted octanol–water partition coefficient (Wildman–Crippen LogP) is 3.44. The molecule has 0 bridgehead atoms. The second-order valence-electron chi connectivity index (χ2n) is 4.56. The summed E-state index contributed by atoms with van der Waals surface area (Å²) in [5.74, 6) is 0.851. The number of hydrogen-bond acceptors (Lipinski definition) is 1. The van der Waals surface area contributed by atoms with Crippen LogP contribution in [-0.2, 0) is 12.8 Å². The quantitative estimate of drug-likeness (QED) is 0.715. The Morgan fingerprint density at radius 3 is 2.80 bits per heavy atom. The summed E-state index contributed by atoms with van der Waals surface area (Å²) in [5.41, 5.74) is 4.14. The molecular weight excluding hydrogens is 182 g/mol. The largest absolute Gasteiger partial charge is 0.198 e. The van der Waals surface area contributed by atoms with E-state index in [1.54, 1.807) is 0 Å². The summed E-state index contributed by atoms with van der Waals surface area (Å²) < 4.78 is 0. The van der Waals surface area contributed by atoms with Crippen molar-refractivity contribution in [1.29, 1.82) is 5.26 Å². The van der Waals surface area contributed by atoms with Crippen molar-refractivity contribution in [3.63, 3.8) is 0 Å². The Morgan fingerprint density at radius 2 is 2.13 bits per heavy atom. The fourth-order valence-corrected chi connectivity index (χ4v) is 2.36. The summed E-state index contributed by atoms with van der Waals surface area (Å²) >= 11 is 0. The van der Waals surface area contributed by atoms with Gasteiger partial charge in [-0.15, -0.1) is 0 Å². The molecule has 1 nitrogen and oxygen atoms in total. The molecule has 1 aliphatic carbocycles. The zero-order valence-electron chi connectivity index (χ0n) is 9.46. The van der Waals surface area contributed by atoms with Gasteiger partial charge in [0, 0.05) is 0 Å². The summed E-state index contributed by atoms with van der Waals surface area (Å²) in [5, 5.41) is 8.88. The van der Waals surface area contributed by atoms with Crippen molar-refractivity contribution in [3.05, 3.63) is 34.9 Å². The number of nitrogens with zero attached hydrogens (tertiary/aromatic N) is 1. The fourth-order valence-electron chi connectivity index (χ4n) is 2.36. The third kappa shape index (κ3) is 1.90. The van der Waals surface area contributed by atoms with E-state index >= 15 is 0 Å². The second-order valence-corrected chi connectivity index (χ2v) is 4.56. The van der Waals surface area contributed by atoms with Gasteiger partial charge in [0.1, 0.15) is 0 Å². The molecule has 0 aliphatic heterocycles. The van der Waals surface area contributed by atoms with Gasteiger partial charge in [-0.3, -0.25) is 0 Å².